The van der Waals surface area contributed by atoms with E-state index in [-0.39, 0.29) is 5.84 Å². The maximum atomic E-state index is 7.43. The van der Waals surface area contributed by atoms with E-state index in [1.807, 2.05) is 31.3 Å². The van der Waals surface area contributed by atoms with Crippen LogP contribution in [0.3, 0.4) is 0 Å². The first-order valence-corrected chi connectivity index (χ1v) is 6.32. The summed E-state index contributed by atoms with van der Waals surface area (Å²) >= 11 is 6.15. The van der Waals surface area contributed by atoms with Crippen LogP contribution in [-0.4, -0.2) is 12.9 Å². The van der Waals surface area contributed by atoms with E-state index in [9.17, 15) is 0 Å². The van der Waals surface area contributed by atoms with E-state index in [2.05, 4.69) is 24.0 Å². The summed E-state index contributed by atoms with van der Waals surface area (Å²) in [5.74, 6) is -0.0184. The average Bonchev–Trinajstić information content (AvgIpc) is 2.38. The number of amidine groups is 1. The van der Waals surface area contributed by atoms with Gasteiger partial charge in [0.2, 0.25) is 0 Å². The first-order valence-electron chi connectivity index (χ1n) is 5.94. The van der Waals surface area contributed by atoms with E-state index in [1.165, 1.54) is 5.56 Å². The lowest BCUT2D eigenvalue weighted by atomic mass is 10.1. The molecule has 0 saturated heterocycles. The highest BCUT2D eigenvalue weighted by Crippen LogP contribution is 2.29. The number of nitrogens with one attached hydrogen (secondary N) is 1. The van der Waals surface area contributed by atoms with Crippen LogP contribution in [0, 0.1) is 12.3 Å². The molecule has 2 rings (SSSR count). The van der Waals surface area contributed by atoms with Crippen molar-refractivity contribution in [3.05, 3.63) is 58.6 Å². The van der Waals surface area contributed by atoms with Gasteiger partial charge in [0.15, 0.2) is 0 Å². The number of hydrogen-bond acceptors (Lipinski definition) is 2. The van der Waals surface area contributed by atoms with Crippen molar-refractivity contribution in [3.63, 3.8) is 0 Å². The molecule has 0 fully saturated rings. The molecule has 4 heteroatoms. The van der Waals surface area contributed by atoms with Gasteiger partial charge in [-0.3, -0.25) is 5.41 Å². The molecule has 19 heavy (non-hydrogen) atoms. The molecule has 2 aromatic carbocycles. The molecular formula is C15H16ClN3. The van der Waals surface area contributed by atoms with Gasteiger partial charge in [0.05, 0.1) is 5.02 Å². The molecule has 0 atom stereocenters. The summed E-state index contributed by atoms with van der Waals surface area (Å²) in [6.45, 7) is 2.07. The molecule has 98 valence electrons. The number of nitrogens with two attached hydrogens (primary N) is 1. The molecule has 0 spiro atoms. The van der Waals surface area contributed by atoms with Crippen LogP contribution >= 0.6 is 11.6 Å². The van der Waals surface area contributed by atoms with Gasteiger partial charge in [0.25, 0.3) is 0 Å². The predicted molar refractivity (Wildman–Crippen MR) is 81.7 cm³/mol. The second-order valence-corrected chi connectivity index (χ2v) is 4.83. The molecule has 0 saturated carbocycles. The zero-order valence-electron chi connectivity index (χ0n) is 10.9. The maximum Gasteiger partial charge on any atom is 0.124 e. The molecule has 2 aromatic rings. The largest absolute Gasteiger partial charge is 0.384 e. The number of nitrogens with zero attached hydrogens (tertiary/aromatic N) is 1. The van der Waals surface area contributed by atoms with Crippen molar-refractivity contribution in [2.45, 2.75) is 6.92 Å². The van der Waals surface area contributed by atoms with Crippen LogP contribution in [-0.2, 0) is 0 Å². The Kier molecular flexibility index (Phi) is 3.76. The normalized spacial score (nSPS) is 10.3. The minimum absolute atomic E-state index is 0.0184. The van der Waals surface area contributed by atoms with E-state index in [4.69, 9.17) is 22.7 Å². The van der Waals surface area contributed by atoms with Gasteiger partial charge < -0.3 is 10.6 Å². The number of benzene rings is 2. The van der Waals surface area contributed by atoms with Gasteiger partial charge >= 0.3 is 0 Å². The van der Waals surface area contributed by atoms with Crippen molar-refractivity contribution in [1.82, 2.24) is 0 Å². The monoisotopic (exact) mass is 273 g/mol. The number of halogens is 1. The zero-order valence-corrected chi connectivity index (χ0v) is 11.7. The summed E-state index contributed by atoms with van der Waals surface area (Å²) in [7, 11) is 1.99. The predicted octanol–water partition coefficient (Wildman–Crippen LogP) is 3.70. The van der Waals surface area contributed by atoms with Crippen LogP contribution in [0.15, 0.2) is 42.5 Å². The summed E-state index contributed by atoms with van der Waals surface area (Å²) in [6.07, 6.45) is 0. The smallest absolute Gasteiger partial charge is 0.124 e. The van der Waals surface area contributed by atoms with E-state index >= 15 is 0 Å². The lowest BCUT2D eigenvalue weighted by Gasteiger charge is -2.22. The zero-order chi connectivity index (χ0) is 14.0. The maximum absolute atomic E-state index is 7.43. The molecule has 0 radical (unpaired) electrons. The third-order valence-electron chi connectivity index (χ3n) is 3.11. The molecule has 0 amide bonds. The van der Waals surface area contributed by atoms with E-state index in [0.717, 1.165) is 11.4 Å². The number of aryl methyl sites for hydroxylation is 1. The summed E-state index contributed by atoms with van der Waals surface area (Å²) in [4.78, 5) is 2.06. The molecule has 0 bridgehead atoms. The Bertz CT molecular complexity index is 623. The fourth-order valence-corrected chi connectivity index (χ4v) is 2.29. The fraction of sp³-hybridized carbons (Fsp3) is 0.133. The summed E-state index contributed by atoms with van der Waals surface area (Å²) in [5, 5.41) is 7.92. The minimum atomic E-state index is -0.0184. The molecule has 0 aromatic heterocycles. The van der Waals surface area contributed by atoms with E-state index in [1.54, 1.807) is 6.07 Å². The molecule has 0 aliphatic heterocycles. The van der Waals surface area contributed by atoms with Gasteiger partial charge in [-0.25, -0.2) is 0 Å². The number of para-hydroxylation sites is 1. The standard InChI is InChI=1S/C15H16ClN3/c1-10-5-3-4-6-14(10)19(2)11-7-8-12(15(17)18)13(16)9-11/h3-9H,1-2H3,(H3,17,18). The highest BCUT2D eigenvalue weighted by molar-refractivity contribution is 6.34. The Labute approximate surface area is 118 Å². The molecule has 3 N–H and O–H groups in total. The molecule has 0 heterocycles. The molecule has 0 unspecified atom stereocenters. The number of hydrogen-bond donors (Lipinski definition) is 2. The van der Waals surface area contributed by atoms with Gasteiger partial charge in [0.1, 0.15) is 5.84 Å². The average molecular weight is 274 g/mol. The van der Waals surface area contributed by atoms with E-state index < -0.39 is 0 Å². The van der Waals surface area contributed by atoms with Gasteiger partial charge in [0, 0.05) is 24.0 Å². The number of rotatable bonds is 3. The molecule has 0 aliphatic rings. The van der Waals surface area contributed by atoms with Crippen molar-refractivity contribution in [3.8, 4) is 0 Å². The van der Waals surface area contributed by atoms with Crippen LogP contribution < -0.4 is 10.6 Å². The second-order valence-electron chi connectivity index (χ2n) is 4.42. The van der Waals surface area contributed by atoms with Crippen LogP contribution in [0.1, 0.15) is 11.1 Å². The second kappa shape index (κ2) is 5.33. The van der Waals surface area contributed by atoms with Crippen molar-refractivity contribution in [1.29, 1.82) is 5.41 Å². The Morgan fingerprint density at radius 2 is 1.89 bits per heavy atom. The van der Waals surface area contributed by atoms with Crippen LogP contribution in [0.2, 0.25) is 5.02 Å². The minimum Gasteiger partial charge on any atom is -0.384 e. The fourth-order valence-electron chi connectivity index (χ4n) is 2.01. The number of nitrogen functional groups attached to an aromatic ring is 1. The first-order chi connectivity index (χ1) is 9.00. The third kappa shape index (κ3) is 2.71. The third-order valence-corrected chi connectivity index (χ3v) is 3.42. The Hall–Kier alpha value is -2.00. The van der Waals surface area contributed by atoms with Crippen LogP contribution in [0.5, 0.6) is 0 Å². The van der Waals surface area contributed by atoms with Crippen molar-refractivity contribution >= 4 is 28.8 Å². The molecule has 3 nitrogen and oxygen atoms in total. The number of anilines is 2. The highest BCUT2D eigenvalue weighted by Gasteiger charge is 2.10. The summed E-state index contributed by atoms with van der Waals surface area (Å²) in [5.41, 5.74) is 9.29. The highest BCUT2D eigenvalue weighted by atomic mass is 35.5. The van der Waals surface area contributed by atoms with Crippen LogP contribution in [0.25, 0.3) is 0 Å². The van der Waals surface area contributed by atoms with Crippen LogP contribution in [0.4, 0.5) is 11.4 Å². The lowest BCUT2D eigenvalue weighted by molar-refractivity contribution is 1.18. The Morgan fingerprint density at radius 3 is 2.47 bits per heavy atom. The van der Waals surface area contributed by atoms with Crippen molar-refractivity contribution < 1.29 is 0 Å². The lowest BCUT2D eigenvalue weighted by Crippen LogP contribution is -2.14. The van der Waals surface area contributed by atoms with Gasteiger partial charge in [-0.2, -0.15) is 0 Å². The van der Waals surface area contributed by atoms with Crippen molar-refractivity contribution in [2.75, 3.05) is 11.9 Å². The van der Waals surface area contributed by atoms with Crippen molar-refractivity contribution in [2.24, 2.45) is 5.73 Å². The molecular weight excluding hydrogens is 258 g/mol. The molecule has 0 aliphatic carbocycles. The Balaban J connectivity index is 2.40. The SMILES string of the molecule is Cc1ccccc1N(C)c1ccc(C(=N)N)c(Cl)c1. The topological polar surface area (TPSA) is 53.1 Å². The van der Waals surface area contributed by atoms with Gasteiger partial charge in [-0.1, -0.05) is 29.8 Å². The quantitative estimate of drug-likeness (QED) is 0.662. The summed E-state index contributed by atoms with van der Waals surface area (Å²) in [6, 6.07) is 13.6. The van der Waals surface area contributed by atoms with Gasteiger partial charge in [-0.05, 0) is 36.8 Å². The summed E-state index contributed by atoms with van der Waals surface area (Å²) < 4.78 is 0. The van der Waals surface area contributed by atoms with Gasteiger partial charge in [-0.15, -0.1) is 0 Å². The first kappa shape index (κ1) is 13.4. The van der Waals surface area contributed by atoms with E-state index in [0.29, 0.717) is 10.6 Å². The Morgan fingerprint density at radius 1 is 1.21 bits per heavy atom.